The first kappa shape index (κ1) is 13.0. The summed E-state index contributed by atoms with van der Waals surface area (Å²) in [7, 11) is 2.03. The van der Waals surface area contributed by atoms with Gasteiger partial charge in [-0.15, -0.1) is 11.3 Å². The van der Waals surface area contributed by atoms with Crippen molar-refractivity contribution in [1.82, 2.24) is 9.88 Å². The van der Waals surface area contributed by atoms with E-state index >= 15 is 0 Å². The summed E-state index contributed by atoms with van der Waals surface area (Å²) < 4.78 is 1.22. The van der Waals surface area contributed by atoms with E-state index in [0.29, 0.717) is 0 Å². The Balaban J connectivity index is 2.02. The molecule has 1 atom stereocenters. The van der Waals surface area contributed by atoms with Gasteiger partial charge in [-0.2, -0.15) is 0 Å². The molecule has 0 aliphatic heterocycles. The molecule has 0 amide bonds. The summed E-state index contributed by atoms with van der Waals surface area (Å²) in [6, 6.07) is 8.17. The number of amidine groups is 1. The minimum Gasteiger partial charge on any atom is -0.387 e. The number of nitrogens with two attached hydrogens (primary N) is 1. The highest BCUT2D eigenvalue weighted by Crippen LogP contribution is 2.22. The lowest BCUT2D eigenvalue weighted by molar-refractivity contribution is 0.306. The molecule has 0 aliphatic rings. The van der Waals surface area contributed by atoms with E-state index in [0.717, 1.165) is 23.6 Å². The predicted molar refractivity (Wildman–Crippen MR) is 77.0 cm³/mol. The lowest BCUT2D eigenvalue weighted by Crippen LogP contribution is -2.31. The van der Waals surface area contributed by atoms with Gasteiger partial charge in [0.15, 0.2) is 0 Å². The van der Waals surface area contributed by atoms with Gasteiger partial charge in [0.2, 0.25) is 0 Å². The molecule has 4 nitrogen and oxygen atoms in total. The Morgan fingerprint density at radius 1 is 1.50 bits per heavy atom. The van der Waals surface area contributed by atoms with Gasteiger partial charge in [-0.05, 0) is 19.2 Å². The lowest BCUT2D eigenvalue weighted by atomic mass is 10.1. The van der Waals surface area contributed by atoms with Crippen LogP contribution in [0.25, 0.3) is 10.2 Å². The summed E-state index contributed by atoms with van der Waals surface area (Å²) in [6.07, 6.45) is 0. The van der Waals surface area contributed by atoms with Crippen molar-refractivity contribution < 1.29 is 0 Å². The topological polar surface area (TPSA) is 66.0 Å². The molecule has 96 valence electrons. The van der Waals surface area contributed by atoms with E-state index in [1.54, 1.807) is 11.3 Å². The maximum atomic E-state index is 7.40. The Hall–Kier alpha value is -1.46. The van der Waals surface area contributed by atoms with Crippen LogP contribution < -0.4 is 5.73 Å². The van der Waals surface area contributed by atoms with Crippen LogP contribution in [0.5, 0.6) is 0 Å². The first-order chi connectivity index (χ1) is 8.56. The number of thiazole rings is 1. The van der Waals surface area contributed by atoms with Crippen molar-refractivity contribution >= 4 is 27.4 Å². The molecule has 2 rings (SSSR count). The van der Waals surface area contributed by atoms with Crippen LogP contribution in [0.4, 0.5) is 0 Å². The molecule has 2 aromatic rings. The van der Waals surface area contributed by atoms with Crippen molar-refractivity contribution in [3.63, 3.8) is 0 Å². The average molecular weight is 262 g/mol. The van der Waals surface area contributed by atoms with Crippen LogP contribution in [-0.2, 0) is 6.54 Å². The van der Waals surface area contributed by atoms with Crippen LogP contribution in [-0.4, -0.2) is 29.3 Å². The molecule has 1 heterocycles. The van der Waals surface area contributed by atoms with Crippen LogP contribution in [0.15, 0.2) is 24.3 Å². The smallest absolute Gasteiger partial charge is 0.108 e. The van der Waals surface area contributed by atoms with Gasteiger partial charge in [-0.3, -0.25) is 10.3 Å². The third-order valence-corrected chi connectivity index (χ3v) is 3.88. The zero-order valence-corrected chi connectivity index (χ0v) is 11.5. The summed E-state index contributed by atoms with van der Waals surface area (Å²) in [5.74, 6) is 0.329. The zero-order valence-electron chi connectivity index (χ0n) is 10.7. The van der Waals surface area contributed by atoms with Gasteiger partial charge in [0.05, 0.1) is 22.6 Å². The Morgan fingerprint density at radius 3 is 2.89 bits per heavy atom. The van der Waals surface area contributed by atoms with Crippen molar-refractivity contribution in [3.8, 4) is 0 Å². The van der Waals surface area contributed by atoms with Crippen molar-refractivity contribution in [2.24, 2.45) is 11.7 Å². The molecule has 5 heteroatoms. The quantitative estimate of drug-likeness (QED) is 0.642. The molecule has 1 aromatic carbocycles. The van der Waals surface area contributed by atoms with Crippen LogP contribution in [0.3, 0.4) is 0 Å². The standard InChI is InChI=1S/C13H18N4S/c1-9(13(14)15)7-17(2)8-12-16-10-5-3-4-6-11(10)18-12/h3-6,9H,7-8H2,1-2H3,(H3,14,15). The summed E-state index contributed by atoms with van der Waals surface area (Å²) in [5.41, 5.74) is 6.54. The summed E-state index contributed by atoms with van der Waals surface area (Å²) in [5, 5.41) is 8.51. The van der Waals surface area contributed by atoms with Crippen LogP contribution in [0.1, 0.15) is 11.9 Å². The molecule has 3 N–H and O–H groups in total. The molecule has 0 spiro atoms. The van der Waals surface area contributed by atoms with Gasteiger partial charge >= 0.3 is 0 Å². The first-order valence-electron chi connectivity index (χ1n) is 5.93. The molecular weight excluding hydrogens is 244 g/mol. The molecule has 0 aliphatic carbocycles. The summed E-state index contributed by atoms with van der Waals surface area (Å²) in [4.78, 5) is 6.75. The number of fused-ring (bicyclic) bond motifs is 1. The maximum absolute atomic E-state index is 7.40. The van der Waals surface area contributed by atoms with Crippen LogP contribution in [0, 0.1) is 11.3 Å². The molecule has 0 radical (unpaired) electrons. The fourth-order valence-electron chi connectivity index (χ4n) is 1.85. The zero-order chi connectivity index (χ0) is 13.1. The number of nitrogens with zero attached hydrogens (tertiary/aromatic N) is 2. The second-order valence-corrected chi connectivity index (χ2v) is 5.74. The van der Waals surface area contributed by atoms with Gasteiger partial charge in [0.25, 0.3) is 0 Å². The second kappa shape index (κ2) is 5.46. The van der Waals surface area contributed by atoms with E-state index in [2.05, 4.69) is 16.0 Å². The predicted octanol–water partition coefficient (Wildman–Crippen LogP) is 2.30. The maximum Gasteiger partial charge on any atom is 0.108 e. The SMILES string of the molecule is CC(CN(C)Cc1nc2ccccc2s1)C(=N)N. The lowest BCUT2D eigenvalue weighted by Gasteiger charge is -2.19. The number of hydrogen-bond donors (Lipinski definition) is 2. The highest BCUT2D eigenvalue weighted by molar-refractivity contribution is 7.18. The Bertz CT molecular complexity index is 516. The Kier molecular flexibility index (Phi) is 3.93. The monoisotopic (exact) mass is 262 g/mol. The van der Waals surface area contributed by atoms with E-state index < -0.39 is 0 Å². The third kappa shape index (κ3) is 3.05. The molecular formula is C13H18N4S. The third-order valence-electron chi connectivity index (χ3n) is 2.86. The minimum atomic E-state index is 0.0874. The fourth-order valence-corrected chi connectivity index (χ4v) is 2.90. The fraction of sp³-hybridized carbons (Fsp3) is 0.385. The number of para-hydroxylation sites is 1. The Morgan fingerprint density at radius 2 is 2.22 bits per heavy atom. The minimum absolute atomic E-state index is 0.0874. The van der Waals surface area contributed by atoms with Crippen LogP contribution in [0.2, 0.25) is 0 Å². The molecule has 0 saturated carbocycles. The largest absolute Gasteiger partial charge is 0.387 e. The molecule has 1 aromatic heterocycles. The number of aromatic nitrogens is 1. The second-order valence-electron chi connectivity index (χ2n) is 4.63. The van der Waals surface area contributed by atoms with E-state index in [1.165, 1.54) is 4.70 Å². The number of nitrogens with one attached hydrogen (secondary N) is 1. The normalized spacial score (nSPS) is 13.1. The first-order valence-corrected chi connectivity index (χ1v) is 6.75. The number of hydrogen-bond acceptors (Lipinski definition) is 4. The average Bonchev–Trinajstić information content (AvgIpc) is 2.70. The van der Waals surface area contributed by atoms with Crippen molar-refractivity contribution in [3.05, 3.63) is 29.3 Å². The summed E-state index contributed by atoms with van der Waals surface area (Å²) >= 11 is 1.72. The van der Waals surface area contributed by atoms with Gasteiger partial charge < -0.3 is 5.73 Å². The highest BCUT2D eigenvalue weighted by Gasteiger charge is 2.11. The summed E-state index contributed by atoms with van der Waals surface area (Å²) in [6.45, 7) is 3.55. The van der Waals surface area contributed by atoms with Crippen molar-refractivity contribution in [1.29, 1.82) is 5.41 Å². The van der Waals surface area contributed by atoms with Gasteiger partial charge in [0.1, 0.15) is 5.01 Å². The molecule has 0 bridgehead atoms. The van der Waals surface area contributed by atoms with Crippen LogP contribution >= 0.6 is 11.3 Å². The van der Waals surface area contributed by atoms with E-state index in [9.17, 15) is 0 Å². The van der Waals surface area contributed by atoms with Gasteiger partial charge in [-0.1, -0.05) is 19.1 Å². The van der Waals surface area contributed by atoms with Gasteiger partial charge in [-0.25, -0.2) is 4.98 Å². The van der Waals surface area contributed by atoms with E-state index in [4.69, 9.17) is 11.1 Å². The Labute approximate surface area is 111 Å². The molecule has 1 unspecified atom stereocenters. The number of benzene rings is 1. The molecule has 0 saturated heterocycles. The molecule has 0 fully saturated rings. The van der Waals surface area contributed by atoms with Crippen molar-refractivity contribution in [2.75, 3.05) is 13.6 Å². The van der Waals surface area contributed by atoms with Gasteiger partial charge in [0, 0.05) is 12.5 Å². The number of rotatable bonds is 5. The van der Waals surface area contributed by atoms with E-state index in [-0.39, 0.29) is 11.8 Å². The molecule has 18 heavy (non-hydrogen) atoms. The van der Waals surface area contributed by atoms with E-state index in [1.807, 2.05) is 32.2 Å². The van der Waals surface area contributed by atoms with Crippen molar-refractivity contribution in [2.45, 2.75) is 13.5 Å². The highest BCUT2D eigenvalue weighted by atomic mass is 32.1.